The first-order valence-electron chi connectivity index (χ1n) is 6.40. The number of carbonyl (C=O) groups is 1. The molecule has 19 heavy (non-hydrogen) atoms. The van der Waals surface area contributed by atoms with Gasteiger partial charge in [0.2, 0.25) is 0 Å². The van der Waals surface area contributed by atoms with Gasteiger partial charge in [-0.1, -0.05) is 6.92 Å². The van der Waals surface area contributed by atoms with E-state index < -0.39 is 0 Å². The third-order valence-corrected chi connectivity index (χ3v) is 2.85. The fourth-order valence-electron chi connectivity index (χ4n) is 1.81. The van der Waals surface area contributed by atoms with Crippen LogP contribution in [0.5, 0.6) is 5.75 Å². The van der Waals surface area contributed by atoms with Crippen molar-refractivity contribution in [3.05, 3.63) is 59.4 Å². The Bertz CT molecular complexity index is 561. The van der Waals surface area contributed by atoms with E-state index in [1.54, 1.807) is 30.6 Å². The molecule has 0 bridgehead atoms. The second-order valence-corrected chi connectivity index (χ2v) is 4.39. The number of pyridine rings is 1. The van der Waals surface area contributed by atoms with E-state index in [9.17, 15) is 4.79 Å². The Hall–Kier alpha value is -2.16. The third kappa shape index (κ3) is 3.19. The van der Waals surface area contributed by atoms with Crippen LogP contribution in [-0.2, 0) is 0 Å². The Morgan fingerprint density at radius 2 is 1.95 bits per heavy atom. The van der Waals surface area contributed by atoms with Crippen LogP contribution in [0, 0.1) is 6.92 Å². The van der Waals surface area contributed by atoms with Crippen molar-refractivity contribution >= 4 is 5.78 Å². The van der Waals surface area contributed by atoms with E-state index in [4.69, 9.17) is 4.74 Å². The molecule has 2 rings (SSSR count). The Labute approximate surface area is 113 Å². The number of ether oxygens (including phenoxy) is 1. The van der Waals surface area contributed by atoms with Gasteiger partial charge in [0.15, 0.2) is 5.78 Å². The van der Waals surface area contributed by atoms with Crippen molar-refractivity contribution in [3.63, 3.8) is 0 Å². The zero-order valence-electron chi connectivity index (χ0n) is 11.2. The maximum atomic E-state index is 12.3. The van der Waals surface area contributed by atoms with Crippen LogP contribution in [-0.4, -0.2) is 17.4 Å². The van der Waals surface area contributed by atoms with Gasteiger partial charge in [0, 0.05) is 23.5 Å². The zero-order valence-corrected chi connectivity index (χ0v) is 11.2. The number of aryl methyl sites for hydroxylation is 1. The average Bonchev–Trinajstić information content (AvgIpc) is 2.45. The Morgan fingerprint density at radius 3 is 2.58 bits per heavy atom. The summed E-state index contributed by atoms with van der Waals surface area (Å²) in [6.07, 6.45) is 4.31. The molecule has 0 aliphatic heterocycles. The molecule has 0 N–H and O–H groups in total. The summed E-state index contributed by atoms with van der Waals surface area (Å²) < 4.78 is 5.50. The van der Waals surface area contributed by atoms with Gasteiger partial charge in [0.1, 0.15) is 5.75 Å². The summed E-state index contributed by atoms with van der Waals surface area (Å²) in [4.78, 5) is 16.3. The molecule has 0 spiro atoms. The molecule has 0 aliphatic rings. The van der Waals surface area contributed by atoms with Gasteiger partial charge in [0.25, 0.3) is 0 Å². The number of benzene rings is 1. The molecule has 3 nitrogen and oxygen atoms in total. The summed E-state index contributed by atoms with van der Waals surface area (Å²) in [7, 11) is 0. The van der Waals surface area contributed by atoms with Crippen LogP contribution in [0.3, 0.4) is 0 Å². The van der Waals surface area contributed by atoms with Gasteiger partial charge < -0.3 is 4.74 Å². The standard InChI is InChI=1S/C16H17NO2/c1-3-10-19-14-6-4-13(5-7-14)16(18)15-8-9-17-11-12(15)2/h4-9,11H,3,10H2,1-2H3. The first-order valence-corrected chi connectivity index (χ1v) is 6.40. The molecular formula is C16H17NO2. The number of ketones is 1. The molecule has 0 fully saturated rings. The van der Waals surface area contributed by atoms with E-state index in [0.717, 1.165) is 17.7 Å². The predicted octanol–water partition coefficient (Wildman–Crippen LogP) is 3.41. The van der Waals surface area contributed by atoms with Crippen molar-refractivity contribution < 1.29 is 9.53 Å². The van der Waals surface area contributed by atoms with Gasteiger partial charge in [0.05, 0.1) is 6.61 Å². The largest absolute Gasteiger partial charge is 0.494 e. The molecule has 2 aromatic rings. The van der Waals surface area contributed by atoms with Crippen LogP contribution in [0.15, 0.2) is 42.7 Å². The van der Waals surface area contributed by atoms with E-state index in [2.05, 4.69) is 11.9 Å². The topological polar surface area (TPSA) is 39.2 Å². The van der Waals surface area contributed by atoms with Crippen molar-refractivity contribution in [2.75, 3.05) is 6.61 Å². The molecule has 1 aromatic carbocycles. The molecule has 0 atom stereocenters. The zero-order chi connectivity index (χ0) is 13.7. The minimum absolute atomic E-state index is 0.0157. The van der Waals surface area contributed by atoms with E-state index in [1.807, 2.05) is 19.1 Å². The highest BCUT2D eigenvalue weighted by Gasteiger charge is 2.11. The molecule has 1 aromatic heterocycles. The van der Waals surface area contributed by atoms with Crippen molar-refractivity contribution in [1.29, 1.82) is 0 Å². The van der Waals surface area contributed by atoms with Crippen LogP contribution < -0.4 is 4.74 Å². The highest BCUT2D eigenvalue weighted by Crippen LogP contribution is 2.17. The fourth-order valence-corrected chi connectivity index (χ4v) is 1.81. The van der Waals surface area contributed by atoms with Crippen molar-refractivity contribution in [2.45, 2.75) is 20.3 Å². The third-order valence-electron chi connectivity index (χ3n) is 2.85. The first-order chi connectivity index (χ1) is 9.22. The summed E-state index contributed by atoms with van der Waals surface area (Å²) in [5.74, 6) is 0.812. The molecule has 0 unspecified atom stereocenters. The first kappa shape index (κ1) is 13.3. The number of aromatic nitrogens is 1. The Balaban J connectivity index is 2.18. The fraction of sp³-hybridized carbons (Fsp3) is 0.250. The van der Waals surface area contributed by atoms with Crippen LogP contribution in [0.25, 0.3) is 0 Å². The van der Waals surface area contributed by atoms with Gasteiger partial charge in [-0.05, 0) is 49.2 Å². The van der Waals surface area contributed by atoms with Gasteiger partial charge in [-0.25, -0.2) is 0 Å². The molecule has 0 radical (unpaired) electrons. The minimum atomic E-state index is 0.0157. The second kappa shape index (κ2) is 6.14. The van der Waals surface area contributed by atoms with Crippen LogP contribution in [0.4, 0.5) is 0 Å². The minimum Gasteiger partial charge on any atom is -0.494 e. The van der Waals surface area contributed by atoms with Crippen LogP contribution in [0.1, 0.15) is 34.8 Å². The summed E-state index contributed by atoms with van der Waals surface area (Å²) in [6.45, 7) is 4.64. The summed E-state index contributed by atoms with van der Waals surface area (Å²) in [5.41, 5.74) is 2.24. The lowest BCUT2D eigenvalue weighted by atomic mass is 10.0. The lowest BCUT2D eigenvalue weighted by Crippen LogP contribution is -2.04. The lowest BCUT2D eigenvalue weighted by molar-refractivity contribution is 0.103. The average molecular weight is 255 g/mol. The summed E-state index contributed by atoms with van der Waals surface area (Å²) >= 11 is 0. The van der Waals surface area contributed by atoms with Crippen LogP contribution >= 0.6 is 0 Å². The highest BCUT2D eigenvalue weighted by atomic mass is 16.5. The number of carbonyl (C=O) groups excluding carboxylic acids is 1. The normalized spacial score (nSPS) is 10.2. The van der Waals surface area contributed by atoms with E-state index in [-0.39, 0.29) is 5.78 Å². The van der Waals surface area contributed by atoms with Gasteiger partial charge in [-0.3, -0.25) is 9.78 Å². The maximum absolute atomic E-state index is 12.3. The van der Waals surface area contributed by atoms with E-state index in [1.165, 1.54) is 0 Å². The summed E-state index contributed by atoms with van der Waals surface area (Å²) in [5, 5.41) is 0. The second-order valence-electron chi connectivity index (χ2n) is 4.39. The van der Waals surface area contributed by atoms with E-state index >= 15 is 0 Å². The van der Waals surface area contributed by atoms with Gasteiger partial charge in [-0.2, -0.15) is 0 Å². The smallest absolute Gasteiger partial charge is 0.193 e. The Morgan fingerprint density at radius 1 is 1.21 bits per heavy atom. The number of hydrogen-bond acceptors (Lipinski definition) is 3. The van der Waals surface area contributed by atoms with Crippen LogP contribution in [0.2, 0.25) is 0 Å². The maximum Gasteiger partial charge on any atom is 0.193 e. The quantitative estimate of drug-likeness (QED) is 0.768. The SMILES string of the molecule is CCCOc1ccc(C(=O)c2ccncc2C)cc1. The number of rotatable bonds is 5. The molecule has 3 heteroatoms. The Kier molecular flexibility index (Phi) is 4.29. The van der Waals surface area contributed by atoms with Crippen molar-refractivity contribution in [1.82, 2.24) is 4.98 Å². The molecule has 0 amide bonds. The van der Waals surface area contributed by atoms with Crippen molar-refractivity contribution in [3.8, 4) is 5.75 Å². The van der Waals surface area contributed by atoms with Gasteiger partial charge >= 0.3 is 0 Å². The molecule has 98 valence electrons. The molecule has 0 saturated heterocycles. The lowest BCUT2D eigenvalue weighted by Gasteiger charge is -2.07. The van der Waals surface area contributed by atoms with Gasteiger partial charge in [-0.15, -0.1) is 0 Å². The predicted molar refractivity (Wildman–Crippen MR) is 74.6 cm³/mol. The molecule has 0 saturated carbocycles. The van der Waals surface area contributed by atoms with E-state index in [0.29, 0.717) is 17.7 Å². The molecular weight excluding hydrogens is 238 g/mol. The van der Waals surface area contributed by atoms with Crippen molar-refractivity contribution in [2.24, 2.45) is 0 Å². The molecule has 1 heterocycles. The highest BCUT2D eigenvalue weighted by molar-refractivity contribution is 6.09. The monoisotopic (exact) mass is 255 g/mol. The molecule has 0 aliphatic carbocycles. The number of nitrogens with zero attached hydrogens (tertiary/aromatic N) is 1. The number of hydrogen-bond donors (Lipinski definition) is 0. The summed E-state index contributed by atoms with van der Waals surface area (Å²) in [6, 6.07) is 9.01.